The Hall–Kier alpha value is -2.62. The zero-order chi connectivity index (χ0) is 15.0. The number of hydrogen-bond acceptors (Lipinski definition) is 6. The third-order valence-electron chi connectivity index (χ3n) is 3.46. The van der Waals surface area contributed by atoms with Crippen LogP contribution in [0.3, 0.4) is 0 Å². The molecule has 21 heavy (non-hydrogen) atoms. The molecule has 2 aromatic heterocycles. The molecule has 0 unspecified atom stereocenters. The van der Waals surface area contributed by atoms with Crippen LogP contribution in [-0.2, 0) is 0 Å². The molecule has 108 valence electrons. The molecule has 2 aromatic rings. The van der Waals surface area contributed by atoms with E-state index >= 15 is 0 Å². The van der Waals surface area contributed by atoms with Gasteiger partial charge in [0.2, 0.25) is 0 Å². The molecule has 7 nitrogen and oxygen atoms in total. The lowest BCUT2D eigenvalue weighted by molar-refractivity contribution is 0.821. The first kappa shape index (κ1) is 13.4. The Labute approximate surface area is 122 Å². The first-order valence-corrected chi connectivity index (χ1v) is 6.93. The van der Waals surface area contributed by atoms with Crippen LogP contribution in [0.2, 0.25) is 0 Å². The van der Waals surface area contributed by atoms with Crippen molar-refractivity contribution in [1.29, 1.82) is 5.26 Å². The predicted molar refractivity (Wildman–Crippen MR) is 79.0 cm³/mol. The second-order valence-corrected chi connectivity index (χ2v) is 5.37. The van der Waals surface area contributed by atoms with Gasteiger partial charge in [0.25, 0.3) is 0 Å². The highest BCUT2D eigenvalue weighted by Gasteiger charge is 2.23. The van der Waals surface area contributed by atoms with E-state index in [1.54, 1.807) is 6.07 Å². The molecule has 3 rings (SSSR count). The van der Waals surface area contributed by atoms with Crippen LogP contribution in [0.5, 0.6) is 0 Å². The van der Waals surface area contributed by atoms with E-state index in [1.165, 1.54) is 17.5 Å². The minimum absolute atomic E-state index is 0.299. The fourth-order valence-electron chi connectivity index (χ4n) is 2.21. The molecule has 3 N–H and O–H groups in total. The zero-order valence-electron chi connectivity index (χ0n) is 12.1. The highest BCUT2D eigenvalue weighted by atomic mass is 15.4. The number of aromatic nitrogens is 4. The lowest BCUT2D eigenvalue weighted by atomic mass is 10.3. The van der Waals surface area contributed by atoms with Crippen molar-refractivity contribution in [2.45, 2.75) is 26.7 Å². The van der Waals surface area contributed by atoms with Gasteiger partial charge in [0, 0.05) is 18.3 Å². The largest absolute Gasteiger partial charge is 0.382 e. The smallest absolute Gasteiger partial charge is 0.168 e. The Balaban J connectivity index is 1.99. The van der Waals surface area contributed by atoms with Gasteiger partial charge in [-0.05, 0) is 32.6 Å². The fourth-order valence-corrected chi connectivity index (χ4v) is 2.21. The first-order valence-electron chi connectivity index (χ1n) is 6.93. The summed E-state index contributed by atoms with van der Waals surface area (Å²) in [5.74, 6) is 2.73. The molecule has 0 aliphatic heterocycles. The van der Waals surface area contributed by atoms with Crippen LogP contribution in [0.25, 0.3) is 5.82 Å². The Morgan fingerprint density at radius 1 is 1.43 bits per heavy atom. The number of nitrogens with two attached hydrogens (primary N) is 1. The van der Waals surface area contributed by atoms with Crippen LogP contribution >= 0.6 is 0 Å². The number of hydrogen-bond donors (Lipinski definition) is 2. The molecule has 1 aliphatic carbocycles. The molecule has 0 radical (unpaired) electrons. The van der Waals surface area contributed by atoms with Crippen LogP contribution in [0.1, 0.15) is 29.9 Å². The average Bonchev–Trinajstić information content (AvgIpc) is 3.19. The topological polar surface area (TPSA) is 105 Å². The summed E-state index contributed by atoms with van der Waals surface area (Å²) in [5.41, 5.74) is 7.24. The van der Waals surface area contributed by atoms with Crippen molar-refractivity contribution in [3.05, 3.63) is 23.1 Å². The average molecular weight is 283 g/mol. The van der Waals surface area contributed by atoms with E-state index in [4.69, 9.17) is 5.73 Å². The predicted octanol–water partition coefficient (Wildman–Crippen LogP) is 1.55. The molecule has 1 aliphatic rings. The van der Waals surface area contributed by atoms with Gasteiger partial charge in [-0.1, -0.05) is 0 Å². The highest BCUT2D eigenvalue weighted by Crippen LogP contribution is 2.30. The summed E-state index contributed by atoms with van der Waals surface area (Å²) < 4.78 is 1.50. The quantitative estimate of drug-likeness (QED) is 0.882. The number of anilines is 2. The maximum absolute atomic E-state index is 9.29. The third kappa shape index (κ3) is 2.65. The number of nitrogen functional groups attached to an aromatic ring is 1. The summed E-state index contributed by atoms with van der Waals surface area (Å²) in [5, 5.41) is 16.9. The molecule has 0 spiro atoms. The number of rotatable bonds is 4. The molecule has 7 heteroatoms. The number of aryl methyl sites for hydroxylation is 2. The maximum Gasteiger partial charge on any atom is 0.168 e. The standard InChI is InChI=1S/C14H17N7/c1-8-5-12(19-9(2)18-8)21-13(16)11(6-15)14(20-21)17-7-10-3-4-10/h5,10H,3-4,7,16H2,1-2H3,(H,17,20). The van der Waals surface area contributed by atoms with E-state index in [2.05, 4.69) is 26.5 Å². The van der Waals surface area contributed by atoms with E-state index in [-0.39, 0.29) is 0 Å². The normalized spacial score (nSPS) is 14.0. The van der Waals surface area contributed by atoms with Gasteiger partial charge in [0.15, 0.2) is 11.6 Å². The highest BCUT2D eigenvalue weighted by molar-refractivity contribution is 5.65. The van der Waals surface area contributed by atoms with E-state index in [0.29, 0.717) is 34.8 Å². The van der Waals surface area contributed by atoms with Gasteiger partial charge < -0.3 is 11.1 Å². The molecule has 2 heterocycles. The maximum atomic E-state index is 9.29. The van der Waals surface area contributed by atoms with Gasteiger partial charge in [0.05, 0.1) is 0 Å². The van der Waals surface area contributed by atoms with Crippen molar-refractivity contribution in [2.24, 2.45) is 5.92 Å². The summed E-state index contributed by atoms with van der Waals surface area (Å²) in [7, 11) is 0. The molecule has 0 bridgehead atoms. The molecular formula is C14H17N7. The number of nitrogens with zero attached hydrogens (tertiary/aromatic N) is 5. The molecule has 0 saturated heterocycles. The lowest BCUT2D eigenvalue weighted by Gasteiger charge is -2.04. The van der Waals surface area contributed by atoms with Crippen molar-refractivity contribution < 1.29 is 0 Å². The minimum Gasteiger partial charge on any atom is -0.382 e. The molecule has 0 amide bonds. The molecule has 0 atom stereocenters. The lowest BCUT2D eigenvalue weighted by Crippen LogP contribution is -2.08. The number of nitrogens with one attached hydrogen (secondary N) is 1. The van der Waals surface area contributed by atoms with Crippen molar-refractivity contribution >= 4 is 11.6 Å². The van der Waals surface area contributed by atoms with Crippen LogP contribution in [0, 0.1) is 31.1 Å². The van der Waals surface area contributed by atoms with E-state index in [9.17, 15) is 5.26 Å². The Morgan fingerprint density at radius 3 is 2.81 bits per heavy atom. The van der Waals surface area contributed by atoms with E-state index < -0.39 is 0 Å². The van der Waals surface area contributed by atoms with Gasteiger partial charge in [-0.2, -0.15) is 9.94 Å². The fraction of sp³-hybridized carbons (Fsp3) is 0.429. The van der Waals surface area contributed by atoms with Gasteiger partial charge in [0.1, 0.15) is 23.3 Å². The van der Waals surface area contributed by atoms with Crippen molar-refractivity contribution in [3.63, 3.8) is 0 Å². The molecule has 1 saturated carbocycles. The van der Waals surface area contributed by atoms with Gasteiger partial charge in [-0.3, -0.25) is 0 Å². The summed E-state index contributed by atoms with van der Waals surface area (Å²) in [6.45, 7) is 4.52. The first-order chi connectivity index (χ1) is 10.1. The summed E-state index contributed by atoms with van der Waals surface area (Å²) in [6, 6.07) is 3.91. The molecule has 0 aromatic carbocycles. The Kier molecular flexibility index (Phi) is 3.22. The van der Waals surface area contributed by atoms with Crippen molar-refractivity contribution in [3.8, 4) is 11.9 Å². The van der Waals surface area contributed by atoms with Crippen molar-refractivity contribution in [2.75, 3.05) is 17.6 Å². The van der Waals surface area contributed by atoms with E-state index in [0.717, 1.165) is 12.2 Å². The Morgan fingerprint density at radius 2 is 2.19 bits per heavy atom. The molecular weight excluding hydrogens is 266 g/mol. The van der Waals surface area contributed by atoms with Gasteiger partial charge in [-0.15, -0.1) is 5.10 Å². The van der Waals surface area contributed by atoms with E-state index in [1.807, 2.05) is 13.8 Å². The van der Waals surface area contributed by atoms with Crippen LogP contribution in [0.15, 0.2) is 6.07 Å². The van der Waals surface area contributed by atoms with Crippen LogP contribution < -0.4 is 11.1 Å². The van der Waals surface area contributed by atoms with Gasteiger partial charge in [-0.25, -0.2) is 9.97 Å². The summed E-state index contributed by atoms with van der Waals surface area (Å²) in [6.07, 6.45) is 2.46. The Bertz CT molecular complexity index is 701. The summed E-state index contributed by atoms with van der Waals surface area (Å²) in [4.78, 5) is 8.57. The number of nitriles is 1. The summed E-state index contributed by atoms with van der Waals surface area (Å²) >= 11 is 0. The molecule has 1 fully saturated rings. The van der Waals surface area contributed by atoms with Crippen LogP contribution in [-0.4, -0.2) is 26.3 Å². The van der Waals surface area contributed by atoms with Crippen molar-refractivity contribution in [1.82, 2.24) is 19.7 Å². The zero-order valence-corrected chi connectivity index (χ0v) is 12.1. The van der Waals surface area contributed by atoms with Crippen LogP contribution in [0.4, 0.5) is 11.6 Å². The second kappa shape index (κ2) is 5.05. The third-order valence-corrected chi connectivity index (χ3v) is 3.46. The SMILES string of the molecule is Cc1cc(-n2nc(NCC3CC3)c(C#N)c2N)nc(C)n1. The van der Waals surface area contributed by atoms with Gasteiger partial charge >= 0.3 is 0 Å². The monoisotopic (exact) mass is 283 g/mol. The second-order valence-electron chi connectivity index (χ2n) is 5.37. The minimum atomic E-state index is 0.299.